The van der Waals surface area contributed by atoms with Crippen molar-refractivity contribution in [1.29, 1.82) is 0 Å². The van der Waals surface area contributed by atoms with Crippen LogP contribution >= 0.6 is 0 Å². The molecule has 1 amide bonds. The van der Waals surface area contributed by atoms with Crippen LogP contribution in [0.3, 0.4) is 0 Å². The van der Waals surface area contributed by atoms with E-state index < -0.39 is 124 Å². The number of nitrogens with one attached hydrogen (secondary N) is 1. The third-order valence-electron chi connectivity index (χ3n) is 21.3. The molecule has 3 aliphatic rings. The Kier molecular flexibility index (Phi) is 58.5. The summed E-state index contributed by atoms with van der Waals surface area (Å²) >= 11 is 0. The number of carbonyl (C=O) groups excluding carboxylic acids is 1. The summed E-state index contributed by atoms with van der Waals surface area (Å²) < 4.78 is 34.6. The minimum atomic E-state index is -1.97. The lowest BCUT2D eigenvalue weighted by molar-refractivity contribution is -0.379. The Balaban J connectivity index is 1.35. The van der Waals surface area contributed by atoms with Gasteiger partial charge in [0.05, 0.1) is 38.6 Å². The van der Waals surface area contributed by atoms with Crippen LogP contribution in [0, 0.1) is 0 Å². The Hall–Kier alpha value is -1.73. The minimum absolute atomic E-state index is 0.235. The fourth-order valence-electron chi connectivity index (χ4n) is 14.5. The summed E-state index contributed by atoms with van der Waals surface area (Å²) in [6.07, 6.45) is 49.8. The van der Waals surface area contributed by atoms with Gasteiger partial charge in [0.15, 0.2) is 18.9 Å². The summed E-state index contributed by atoms with van der Waals surface area (Å²) in [7, 11) is 0. The molecule has 3 fully saturated rings. The van der Waals surface area contributed by atoms with E-state index in [1.807, 2.05) is 0 Å². The van der Waals surface area contributed by atoms with Gasteiger partial charge in [-0.25, -0.2) is 0 Å². The molecule has 0 radical (unpaired) electrons. The first-order chi connectivity index (χ1) is 49.3. The Morgan fingerprint density at radius 1 is 0.356 bits per heavy atom. The molecule has 3 aliphatic heterocycles. The van der Waals surface area contributed by atoms with Gasteiger partial charge in [0.25, 0.3) is 0 Å². The molecular weight excluding hydrogens is 1290 g/mol. The van der Waals surface area contributed by atoms with Crippen molar-refractivity contribution in [3.05, 3.63) is 24.3 Å². The summed E-state index contributed by atoms with van der Waals surface area (Å²) in [5, 5.41) is 121. The highest BCUT2D eigenvalue weighted by molar-refractivity contribution is 5.76. The highest BCUT2D eigenvalue weighted by Gasteiger charge is 2.54. The standard InChI is InChI=1S/C82H155NO18/c1-3-5-7-9-11-13-15-17-19-21-23-25-27-29-30-31-32-33-34-36-38-40-42-44-46-48-50-52-54-56-58-60-70(88)83-65(66(87)59-57-55-53-51-49-47-45-43-41-39-37-35-28-26-24-22-20-18-16-14-12-10-8-6-4-2)64-96-80-76(94)73(91)78(68(62-85)98-80)101-82-77(95)74(92)79(69(63-86)99-82)100-81-75(93)72(90)71(89)67(61-84)97-81/h15,17,21,23,65-69,71-82,84-87,89-95H,3-14,16,18-20,22,24-64H2,1-2H3,(H,83,88)/b17-15-,23-21-. The van der Waals surface area contributed by atoms with Crippen LogP contribution in [0.25, 0.3) is 0 Å². The van der Waals surface area contributed by atoms with Gasteiger partial charge in [-0.05, 0) is 44.9 Å². The Bertz CT molecular complexity index is 1920. The van der Waals surface area contributed by atoms with Crippen LogP contribution in [-0.4, -0.2) is 193 Å². The molecule has 19 nitrogen and oxygen atoms in total. The Morgan fingerprint density at radius 3 is 1.01 bits per heavy atom. The van der Waals surface area contributed by atoms with Crippen LogP contribution in [0.15, 0.2) is 24.3 Å². The van der Waals surface area contributed by atoms with Crippen molar-refractivity contribution >= 4 is 5.91 Å². The molecular formula is C82H155NO18. The van der Waals surface area contributed by atoms with Crippen molar-refractivity contribution in [2.75, 3.05) is 26.4 Å². The number of ether oxygens (including phenoxy) is 6. The molecule has 3 saturated heterocycles. The van der Waals surface area contributed by atoms with E-state index >= 15 is 0 Å². The van der Waals surface area contributed by atoms with Crippen LogP contribution in [-0.2, 0) is 33.2 Å². The number of unbranched alkanes of at least 4 members (excludes halogenated alkanes) is 48. The molecule has 101 heavy (non-hydrogen) atoms. The molecule has 3 heterocycles. The van der Waals surface area contributed by atoms with Crippen molar-refractivity contribution in [2.24, 2.45) is 0 Å². The largest absolute Gasteiger partial charge is 0.394 e. The molecule has 17 unspecified atom stereocenters. The van der Waals surface area contributed by atoms with E-state index in [0.29, 0.717) is 12.8 Å². The fraction of sp³-hybridized carbons (Fsp3) is 0.939. The molecule has 0 bridgehead atoms. The number of aliphatic hydroxyl groups excluding tert-OH is 11. The average molecular weight is 1440 g/mol. The monoisotopic (exact) mass is 1440 g/mol. The van der Waals surface area contributed by atoms with Crippen LogP contribution in [0.5, 0.6) is 0 Å². The zero-order valence-electron chi connectivity index (χ0n) is 63.9. The van der Waals surface area contributed by atoms with Crippen molar-refractivity contribution in [1.82, 2.24) is 5.32 Å². The van der Waals surface area contributed by atoms with E-state index in [2.05, 4.69) is 43.5 Å². The van der Waals surface area contributed by atoms with Gasteiger partial charge in [-0.15, -0.1) is 0 Å². The predicted octanol–water partition coefficient (Wildman–Crippen LogP) is 14.5. The van der Waals surface area contributed by atoms with Gasteiger partial charge in [0, 0.05) is 6.42 Å². The van der Waals surface area contributed by atoms with Gasteiger partial charge >= 0.3 is 0 Å². The number of carbonyl (C=O) groups is 1. The second-order valence-corrected chi connectivity index (χ2v) is 30.3. The first kappa shape index (κ1) is 93.5. The van der Waals surface area contributed by atoms with Gasteiger partial charge in [-0.3, -0.25) is 4.79 Å². The van der Waals surface area contributed by atoms with Crippen LogP contribution < -0.4 is 5.32 Å². The molecule has 0 spiro atoms. The van der Waals surface area contributed by atoms with Crippen LogP contribution in [0.2, 0.25) is 0 Å². The van der Waals surface area contributed by atoms with E-state index in [1.165, 1.54) is 276 Å². The summed E-state index contributed by atoms with van der Waals surface area (Å²) in [5.74, 6) is -0.235. The Labute approximate surface area is 613 Å². The Morgan fingerprint density at radius 2 is 0.653 bits per heavy atom. The van der Waals surface area contributed by atoms with E-state index in [-0.39, 0.29) is 18.9 Å². The van der Waals surface area contributed by atoms with Crippen molar-refractivity contribution in [3.63, 3.8) is 0 Å². The maximum absolute atomic E-state index is 13.5. The van der Waals surface area contributed by atoms with Crippen molar-refractivity contribution in [2.45, 2.75) is 465 Å². The number of rotatable bonds is 68. The third kappa shape index (κ3) is 43.2. The van der Waals surface area contributed by atoms with E-state index in [4.69, 9.17) is 28.4 Å². The number of aliphatic hydroxyl groups is 11. The topological polar surface area (TPSA) is 307 Å². The molecule has 0 aromatic rings. The van der Waals surface area contributed by atoms with Crippen molar-refractivity contribution in [3.8, 4) is 0 Å². The summed E-state index contributed by atoms with van der Waals surface area (Å²) in [6, 6.07) is -0.886. The lowest BCUT2D eigenvalue weighted by atomic mass is 9.96. The predicted molar refractivity (Wildman–Crippen MR) is 402 cm³/mol. The van der Waals surface area contributed by atoms with Crippen molar-refractivity contribution < 1.29 is 89.4 Å². The van der Waals surface area contributed by atoms with E-state index in [1.54, 1.807) is 0 Å². The zero-order chi connectivity index (χ0) is 73.2. The average Bonchev–Trinajstić information content (AvgIpc) is 0.792. The summed E-state index contributed by atoms with van der Waals surface area (Å²) in [6.45, 7) is 1.85. The highest BCUT2D eigenvalue weighted by Crippen LogP contribution is 2.33. The second-order valence-electron chi connectivity index (χ2n) is 30.3. The number of allylic oxidation sites excluding steroid dienone is 4. The van der Waals surface area contributed by atoms with Gasteiger partial charge in [-0.1, -0.05) is 334 Å². The maximum atomic E-state index is 13.5. The van der Waals surface area contributed by atoms with Gasteiger partial charge in [0.2, 0.25) is 5.91 Å². The SMILES string of the molecule is CCCCCCC/C=C\C/C=C\CCCCCCCCCCCCCCCCCCCCCC(=O)NC(COC1OC(CO)C(OC2OC(CO)C(OC3OC(CO)C(O)C(O)C3O)C(O)C2O)C(O)C1O)C(O)CCCCCCCCCCCCCCCCCCCCCCCCCCC. The normalized spacial score (nSPS) is 26.4. The van der Waals surface area contributed by atoms with Gasteiger partial charge < -0.3 is 89.9 Å². The van der Waals surface area contributed by atoms with Crippen LogP contribution in [0.4, 0.5) is 0 Å². The number of hydrogen-bond acceptors (Lipinski definition) is 18. The lowest BCUT2D eigenvalue weighted by Gasteiger charge is -2.48. The first-order valence-electron chi connectivity index (χ1n) is 42.1. The quantitative estimate of drug-likeness (QED) is 0.0199. The van der Waals surface area contributed by atoms with E-state index in [9.17, 15) is 61.0 Å². The smallest absolute Gasteiger partial charge is 0.220 e. The third-order valence-corrected chi connectivity index (χ3v) is 21.3. The zero-order valence-corrected chi connectivity index (χ0v) is 63.9. The molecule has 0 aliphatic carbocycles. The summed E-state index contributed by atoms with van der Waals surface area (Å²) in [5.41, 5.74) is 0. The molecule has 17 atom stereocenters. The first-order valence-corrected chi connectivity index (χ1v) is 42.1. The summed E-state index contributed by atoms with van der Waals surface area (Å²) in [4.78, 5) is 13.5. The molecule has 0 aromatic heterocycles. The van der Waals surface area contributed by atoms with Gasteiger partial charge in [0.1, 0.15) is 73.2 Å². The molecule has 12 N–H and O–H groups in total. The lowest BCUT2D eigenvalue weighted by Crippen LogP contribution is -2.66. The molecule has 3 rings (SSSR count). The maximum Gasteiger partial charge on any atom is 0.220 e. The molecule has 0 saturated carbocycles. The molecule has 596 valence electrons. The van der Waals surface area contributed by atoms with E-state index in [0.717, 1.165) is 51.4 Å². The second kappa shape index (κ2) is 63.2. The van der Waals surface area contributed by atoms with Crippen LogP contribution in [0.1, 0.15) is 361 Å². The fourth-order valence-corrected chi connectivity index (χ4v) is 14.5. The number of hydrogen-bond donors (Lipinski definition) is 12. The minimum Gasteiger partial charge on any atom is -0.394 e. The molecule has 19 heteroatoms. The highest BCUT2D eigenvalue weighted by atomic mass is 16.8. The molecule has 0 aromatic carbocycles. The van der Waals surface area contributed by atoms with Gasteiger partial charge in [-0.2, -0.15) is 0 Å². The number of amides is 1.